The number of carbonyl (C=O) groups is 1. The van der Waals surface area contributed by atoms with Crippen molar-refractivity contribution in [1.29, 1.82) is 0 Å². The molecule has 0 unspecified atom stereocenters. The third-order valence-electron chi connectivity index (χ3n) is 2.75. The predicted octanol–water partition coefficient (Wildman–Crippen LogP) is 2.97. The highest BCUT2D eigenvalue weighted by Gasteiger charge is 2.16. The molecular weight excluding hydrogens is 250 g/mol. The number of anilines is 1. The average Bonchev–Trinajstić information content (AvgIpc) is 2.96. The number of aryl methyl sites for hydroxylation is 1. The number of hydrazone groups is 1. The van der Waals surface area contributed by atoms with E-state index in [-0.39, 0.29) is 5.97 Å². The summed E-state index contributed by atoms with van der Waals surface area (Å²) in [4.78, 5) is 16.4. The third-order valence-corrected chi connectivity index (χ3v) is 3.79. The molecule has 1 saturated carbocycles. The summed E-state index contributed by atoms with van der Waals surface area (Å²) < 4.78 is 4.97. The Hall–Kier alpha value is -1.43. The molecule has 0 atom stereocenters. The number of carbonyl (C=O) groups excluding carboxylic acids is 1. The molecule has 0 amide bonds. The Balaban J connectivity index is 2.04. The minimum absolute atomic E-state index is 0.311. The van der Waals surface area contributed by atoms with Crippen molar-refractivity contribution in [1.82, 2.24) is 4.98 Å². The fourth-order valence-corrected chi connectivity index (χ4v) is 2.65. The highest BCUT2D eigenvalue weighted by molar-refractivity contribution is 7.17. The van der Waals surface area contributed by atoms with Crippen molar-refractivity contribution in [3.63, 3.8) is 0 Å². The first-order valence-corrected chi connectivity index (χ1v) is 6.98. The van der Waals surface area contributed by atoms with E-state index < -0.39 is 0 Å². The van der Waals surface area contributed by atoms with Crippen LogP contribution in [0, 0.1) is 6.92 Å². The molecule has 0 bridgehead atoms. The molecule has 0 spiro atoms. The molecule has 2 rings (SSSR count). The Morgan fingerprint density at radius 3 is 2.89 bits per heavy atom. The maximum Gasteiger partial charge on any atom is 0.350 e. The number of nitrogens with one attached hydrogen (secondary N) is 1. The Morgan fingerprint density at radius 2 is 2.22 bits per heavy atom. The summed E-state index contributed by atoms with van der Waals surface area (Å²) in [5.41, 5.74) is 4.80. The molecule has 0 saturated heterocycles. The normalized spacial score (nSPS) is 14.7. The molecular formula is C12H17N3O2S. The van der Waals surface area contributed by atoms with Crippen molar-refractivity contribution >= 4 is 28.1 Å². The molecule has 1 heterocycles. The quantitative estimate of drug-likeness (QED) is 0.673. The highest BCUT2D eigenvalue weighted by atomic mass is 32.1. The van der Waals surface area contributed by atoms with Gasteiger partial charge in [0, 0.05) is 5.71 Å². The van der Waals surface area contributed by atoms with Crippen molar-refractivity contribution in [3.05, 3.63) is 10.6 Å². The number of nitrogens with zero attached hydrogens (tertiary/aromatic N) is 2. The van der Waals surface area contributed by atoms with Crippen LogP contribution in [0.25, 0.3) is 0 Å². The summed E-state index contributed by atoms with van der Waals surface area (Å²) >= 11 is 1.29. The van der Waals surface area contributed by atoms with Crippen LogP contribution in [0.1, 0.15) is 48.0 Å². The summed E-state index contributed by atoms with van der Waals surface area (Å²) in [5, 5.41) is 4.96. The first-order chi connectivity index (χ1) is 8.70. The second-order valence-electron chi connectivity index (χ2n) is 4.15. The van der Waals surface area contributed by atoms with Crippen LogP contribution in [0.2, 0.25) is 0 Å². The van der Waals surface area contributed by atoms with E-state index in [2.05, 4.69) is 15.5 Å². The van der Waals surface area contributed by atoms with Crippen LogP contribution < -0.4 is 5.43 Å². The van der Waals surface area contributed by atoms with E-state index in [1.54, 1.807) is 13.8 Å². The van der Waals surface area contributed by atoms with E-state index >= 15 is 0 Å². The number of ether oxygens (including phenoxy) is 1. The molecule has 1 aromatic heterocycles. The maximum absolute atomic E-state index is 11.6. The molecule has 0 radical (unpaired) electrons. The number of hydrogen-bond acceptors (Lipinski definition) is 6. The average molecular weight is 267 g/mol. The van der Waals surface area contributed by atoms with Gasteiger partial charge in [0.2, 0.25) is 5.13 Å². The van der Waals surface area contributed by atoms with Crippen LogP contribution in [0.4, 0.5) is 5.13 Å². The molecule has 1 fully saturated rings. The van der Waals surface area contributed by atoms with Crippen LogP contribution in [0.15, 0.2) is 5.10 Å². The largest absolute Gasteiger partial charge is 0.462 e. The molecule has 98 valence electrons. The molecule has 1 aliphatic rings. The van der Waals surface area contributed by atoms with E-state index in [9.17, 15) is 4.79 Å². The summed E-state index contributed by atoms with van der Waals surface area (Å²) in [6.45, 7) is 3.97. The lowest BCUT2D eigenvalue weighted by Crippen LogP contribution is -2.03. The lowest BCUT2D eigenvalue weighted by atomic mass is 10.3. The van der Waals surface area contributed by atoms with Gasteiger partial charge in [0.05, 0.1) is 12.3 Å². The molecule has 6 heteroatoms. The Kier molecular flexibility index (Phi) is 4.30. The number of esters is 1. The van der Waals surface area contributed by atoms with E-state index in [4.69, 9.17) is 4.74 Å². The molecule has 1 aliphatic carbocycles. The molecule has 18 heavy (non-hydrogen) atoms. The fourth-order valence-electron chi connectivity index (χ4n) is 1.85. The maximum atomic E-state index is 11.6. The van der Waals surface area contributed by atoms with E-state index in [0.29, 0.717) is 22.3 Å². The summed E-state index contributed by atoms with van der Waals surface area (Å²) in [5.74, 6) is -0.311. The summed E-state index contributed by atoms with van der Waals surface area (Å²) in [7, 11) is 0. The van der Waals surface area contributed by atoms with E-state index in [1.807, 2.05) is 0 Å². The number of thiazole rings is 1. The van der Waals surface area contributed by atoms with Gasteiger partial charge in [-0.3, -0.25) is 5.43 Å². The van der Waals surface area contributed by atoms with Gasteiger partial charge < -0.3 is 4.74 Å². The number of rotatable bonds is 4. The smallest absolute Gasteiger partial charge is 0.350 e. The standard InChI is InChI=1S/C12H17N3O2S/c1-3-17-11(16)10-8(2)13-12(18-10)15-14-9-6-4-5-7-9/h3-7H2,1-2H3,(H,13,15). The van der Waals surface area contributed by atoms with E-state index in [0.717, 1.165) is 12.8 Å². The lowest BCUT2D eigenvalue weighted by Gasteiger charge is -1.97. The molecule has 1 N–H and O–H groups in total. The van der Waals surface area contributed by atoms with Gasteiger partial charge in [-0.15, -0.1) is 0 Å². The van der Waals surface area contributed by atoms with Gasteiger partial charge in [-0.1, -0.05) is 11.3 Å². The molecule has 0 aliphatic heterocycles. The Labute approximate surface area is 110 Å². The first kappa shape index (κ1) is 13.0. The summed E-state index contributed by atoms with van der Waals surface area (Å²) in [6.07, 6.45) is 4.54. The topological polar surface area (TPSA) is 63.6 Å². The Morgan fingerprint density at radius 1 is 1.50 bits per heavy atom. The van der Waals surface area contributed by atoms with Crippen molar-refractivity contribution in [2.75, 3.05) is 12.0 Å². The lowest BCUT2D eigenvalue weighted by molar-refractivity contribution is 0.0531. The van der Waals surface area contributed by atoms with Crippen LogP contribution >= 0.6 is 11.3 Å². The molecule has 5 nitrogen and oxygen atoms in total. The zero-order chi connectivity index (χ0) is 13.0. The number of hydrogen-bond donors (Lipinski definition) is 1. The second-order valence-corrected chi connectivity index (χ2v) is 5.15. The van der Waals surface area contributed by atoms with Crippen LogP contribution in [0.5, 0.6) is 0 Å². The van der Waals surface area contributed by atoms with Crippen molar-refractivity contribution in [3.8, 4) is 0 Å². The van der Waals surface area contributed by atoms with Gasteiger partial charge in [0.15, 0.2) is 0 Å². The van der Waals surface area contributed by atoms with Gasteiger partial charge in [-0.2, -0.15) is 5.10 Å². The Bertz CT molecular complexity index is 460. The van der Waals surface area contributed by atoms with Crippen LogP contribution in [-0.2, 0) is 4.74 Å². The van der Waals surface area contributed by atoms with E-state index in [1.165, 1.54) is 29.9 Å². The van der Waals surface area contributed by atoms with Gasteiger partial charge in [-0.25, -0.2) is 9.78 Å². The highest BCUT2D eigenvalue weighted by Crippen LogP contribution is 2.24. The second kappa shape index (κ2) is 5.95. The predicted molar refractivity (Wildman–Crippen MR) is 72.3 cm³/mol. The molecule has 0 aromatic carbocycles. The van der Waals surface area contributed by atoms with Crippen LogP contribution in [0.3, 0.4) is 0 Å². The van der Waals surface area contributed by atoms with Gasteiger partial charge in [0.1, 0.15) is 4.88 Å². The third kappa shape index (κ3) is 3.07. The van der Waals surface area contributed by atoms with Gasteiger partial charge >= 0.3 is 5.97 Å². The monoisotopic (exact) mass is 267 g/mol. The number of aromatic nitrogens is 1. The summed E-state index contributed by atoms with van der Waals surface area (Å²) in [6, 6.07) is 0. The SMILES string of the molecule is CCOC(=O)c1sc(NN=C2CCCC2)nc1C. The zero-order valence-corrected chi connectivity index (χ0v) is 11.5. The van der Waals surface area contributed by atoms with Gasteiger partial charge in [-0.05, 0) is 39.5 Å². The molecule has 1 aromatic rings. The minimum atomic E-state index is -0.311. The van der Waals surface area contributed by atoms with Crippen molar-refractivity contribution in [2.24, 2.45) is 5.10 Å². The first-order valence-electron chi connectivity index (χ1n) is 6.16. The minimum Gasteiger partial charge on any atom is -0.462 e. The van der Waals surface area contributed by atoms with Crippen LogP contribution in [-0.4, -0.2) is 23.3 Å². The fraction of sp³-hybridized carbons (Fsp3) is 0.583. The van der Waals surface area contributed by atoms with Gasteiger partial charge in [0.25, 0.3) is 0 Å². The zero-order valence-electron chi connectivity index (χ0n) is 10.7. The van der Waals surface area contributed by atoms with Crippen molar-refractivity contribution < 1.29 is 9.53 Å². The van der Waals surface area contributed by atoms with Crippen molar-refractivity contribution in [2.45, 2.75) is 39.5 Å².